The predicted octanol–water partition coefficient (Wildman–Crippen LogP) is 2.68. The Hall–Kier alpha value is -0.970. The second kappa shape index (κ2) is 4.91. The van der Waals surface area contributed by atoms with Crippen LogP contribution in [0.5, 0.6) is 0 Å². The van der Waals surface area contributed by atoms with E-state index in [1.165, 1.54) is 0 Å². The fraction of sp³-hybridized carbons (Fsp3) is 0.182. The molecule has 0 fully saturated rings. The van der Waals surface area contributed by atoms with E-state index in [0.717, 1.165) is 20.4 Å². The molecule has 0 saturated carbocycles. The molecule has 1 aromatic carbocycles. The molecule has 2 rings (SSSR count). The number of aryl methyl sites for hydroxylation is 1. The highest BCUT2D eigenvalue weighted by molar-refractivity contribution is 7.99. The molecule has 0 bridgehead atoms. The van der Waals surface area contributed by atoms with Crippen LogP contribution in [0.3, 0.4) is 0 Å². The molecule has 3 nitrogen and oxygen atoms in total. The van der Waals surface area contributed by atoms with E-state index >= 15 is 0 Å². The molecule has 16 heavy (non-hydrogen) atoms. The van der Waals surface area contributed by atoms with Gasteiger partial charge in [-0.3, -0.25) is 4.68 Å². The van der Waals surface area contributed by atoms with Crippen molar-refractivity contribution < 1.29 is 0 Å². The average Bonchev–Trinajstić information content (AvgIpc) is 2.64. The van der Waals surface area contributed by atoms with Crippen molar-refractivity contribution in [2.45, 2.75) is 16.3 Å². The summed E-state index contributed by atoms with van der Waals surface area (Å²) >= 11 is 7.71. The lowest BCUT2D eigenvalue weighted by atomic mass is 10.2. The van der Waals surface area contributed by atoms with Gasteiger partial charge in [0.05, 0.1) is 11.1 Å². The first-order valence-corrected chi connectivity index (χ1v) is 6.04. The van der Waals surface area contributed by atoms with Crippen LogP contribution in [0.1, 0.15) is 5.56 Å². The maximum Gasteiger partial charge on any atom is 0.0629 e. The molecule has 0 aliphatic rings. The smallest absolute Gasteiger partial charge is 0.0629 e. The molecule has 84 valence electrons. The van der Waals surface area contributed by atoms with Gasteiger partial charge < -0.3 is 5.73 Å². The number of nitrogens with zero attached hydrogens (tertiary/aromatic N) is 2. The Balaban J connectivity index is 2.30. The van der Waals surface area contributed by atoms with Crippen LogP contribution in [0.15, 0.2) is 40.4 Å². The minimum atomic E-state index is 0.447. The van der Waals surface area contributed by atoms with Crippen LogP contribution in [0.2, 0.25) is 5.02 Å². The standard InChI is InChI=1S/C11H12ClN3S/c1-15-7-8(6-14-15)16-11-4-2-3-10(12)9(11)5-13/h2-4,6-7H,5,13H2,1H3. The average molecular weight is 254 g/mol. The Bertz CT molecular complexity index is 496. The van der Waals surface area contributed by atoms with Gasteiger partial charge in [0.1, 0.15) is 0 Å². The summed E-state index contributed by atoms with van der Waals surface area (Å²) < 4.78 is 1.77. The highest BCUT2D eigenvalue weighted by atomic mass is 35.5. The van der Waals surface area contributed by atoms with Gasteiger partial charge in [-0.1, -0.05) is 29.4 Å². The van der Waals surface area contributed by atoms with Crippen molar-refractivity contribution in [2.75, 3.05) is 0 Å². The molecule has 5 heteroatoms. The van der Waals surface area contributed by atoms with Crippen LogP contribution < -0.4 is 5.73 Å². The molecule has 0 amide bonds. The van der Waals surface area contributed by atoms with Gasteiger partial charge in [-0.2, -0.15) is 5.10 Å². The van der Waals surface area contributed by atoms with Gasteiger partial charge in [0.25, 0.3) is 0 Å². The summed E-state index contributed by atoms with van der Waals surface area (Å²) in [7, 11) is 1.89. The third-order valence-corrected chi connectivity index (χ3v) is 3.59. The Morgan fingerprint density at radius 2 is 2.31 bits per heavy atom. The van der Waals surface area contributed by atoms with Gasteiger partial charge in [-0.25, -0.2) is 0 Å². The van der Waals surface area contributed by atoms with Gasteiger partial charge >= 0.3 is 0 Å². The Kier molecular flexibility index (Phi) is 3.53. The number of nitrogens with two attached hydrogens (primary N) is 1. The fourth-order valence-corrected chi connectivity index (χ4v) is 2.74. The van der Waals surface area contributed by atoms with Gasteiger partial charge in [-0.05, 0) is 17.7 Å². The number of aromatic nitrogens is 2. The van der Waals surface area contributed by atoms with E-state index in [-0.39, 0.29) is 0 Å². The van der Waals surface area contributed by atoms with Gasteiger partial charge in [0, 0.05) is 29.7 Å². The summed E-state index contributed by atoms with van der Waals surface area (Å²) in [5, 5.41) is 4.84. The highest BCUT2D eigenvalue weighted by Gasteiger charge is 2.07. The Morgan fingerprint density at radius 1 is 1.50 bits per heavy atom. The predicted molar refractivity (Wildman–Crippen MR) is 66.7 cm³/mol. The van der Waals surface area contributed by atoms with Crippen LogP contribution >= 0.6 is 23.4 Å². The van der Waals surface area contributed by atoms with Crippen LogP contribution in [-0.4, -0.2) is 9.78 Å². The zero-order chi connectivity index (χ0) is 11.5. The Labute approximate surface area is 104 Å². The minimum absolute atomic E-state index is 0.447. The first kappa shape index (κ1) is 11.5. The van der Waals surface area contributed by atoms with Crippen LogP contribution in [0, 0.1) is 0 Å². The topological polar surface area (TPSA) is 43.8 Å². The second-order valence-electron chi connectivity index (χ2n) is 3.37. The first-order valence-electron chi connectivity index (χ1n) is 4.84. The molecular weight excluding hydrogens is 242 g/mol. The number of benzene rings is 1. The van der Waals surface area contributed by atoms with Crippen molar-refractivity contribution in [3.05, 3.63) is 41.2 Å². The van der Waals surface area contributed by atoms with Crippen molar-refractivity contribution in [1.29, 1.82) is 0 Å². The maximum absolute atomic E-state index is 6.09. The van der Waals surface area contributed by atoms with E-state index in [0.29, 0.717) is 6.54 Å². The summed E-state index contributed by atoms with van der Waals surface area (Å²) in [6.45, 7) is 0.447. The molecule has 1 aromatic heterocycles. The molecule has 0 radical (unpaired) electrons. The van der Waals surface area contributed by atoms with Crippen molar-refractivity contribution in [2.24, 2.45) is 12.8 Å². The molecule has 0 aliphatic heterocycles. The quantitative estimate of drug-likeness (QED) is 0.915. The number of rotatable bonds is 3. The molecule has 0 atom stereocenters. The molecule has 2 aromatic rings. The minimum Gasteiger partial charge on any atom is -0.326 e. The van der Waals surface area contributed by atoms with Crippen LogP contribution in [0.4, 0.5) is 0 Å². The molecule has 1 heterocycles. The summed E-state index contributed by atoms with van der Waals surface area (Å²) in [6, 6.07) is 5.81. The van der Waals surface area contributed by atoms with E-state index in [2.05, 4.69) is 5.10 Å². The normalized spacial score (nSPS) is 10.7. The first-order chi connectivity index (χ1) is 7.70. The van der Waals surface area contributed by atoms with E-state index in [1.807, 2.05) is 37.6 Å². The molecule has 0 aliphatic carbocycles. The lowest BCUT2D eigenvalue weighted by molar-refractivity contribution is 0.766. The van der Waals surface area contributed by atoms with Gasteiger partial charge in [0.2, 0.25) is 0 Å². The van der Waals surface area contributed by atoms with Gasteiger partial charge in [-0.15, -0.1) is 0 Å². The lowest BCUT2D eigenvalue weighted by Crippen LogP contribution is -1.99. The number of halogens is 1. The fourth-order valence-electron chi connectivity index (χ4n) is 1.41. The molecule has 0 spiro atoms. The zero-order valence-corrected chi connectivity index (χ0v) is 10.4. The Morgan fingerprint density at radius 3 is 2.94 bits per heavy atom. The molecule has 0 saturated heterocycles. The summed E-state index contributed by atoms with van der Waals surface area (Å²) in [6.07, 6.45) is 3.79. The molecule has 0 unspecified atom stereocenters. The zero-order valence-electron chi connectivity index (χ0n) is 8.85. The largest absolute Gasteiger partial charge is 0.326 e. The number of hydrogen-bond donors (Lipinski definition) is 1. The van der Waals surface area contributed by atoms with E-state index in [1.54, 1.807) is 16.4 Å². The van der Waals surface area contributed by atoms with Crippen LogP contribution in [-0.2, 0) is 13.6 Å². The number of hydrogen-bond acceptors (Lipinski definition) is 3. The molecular formula is C11H12ClN3S. The van der Waals surface area contributed by atoms with Crippen LogP contribution in [0.25, 0.3) is 0 Å². The maximum atomic E-state index is 6.09. The third kappa shape index (κ3) is 2.40. The van der Waals surface area contributed by atoms with Crippen molar-refractivity contribution in [1.82, 2.24) is 9.78 Å². The summed E-state index contributed by atoms with van der Waals surface area (Å²) in [4.78, 5) is 2.17. The third-order valence-electron chi connectivity index (χ3n) is 2.19. The molecule has 2 N–H and O–H groups in total. The van der Waals surface area contributed by atoms with Crippen molar-refractivity contribution in [3.63, 3.8) is 0 Å². The lowest BCUT2D eigenvalue weighted by Gasteiger charge is -2.07. The van der Waals surface area contributed by atoms with Crippen molar-refractivity contribution in [3.8, 4) is 0 Å². The van der Waals surface area contributed by atoms with Gasteiger partial charge in [0.15, 0.2) is 0 Å². The summed E-state index contributed by atoms with van der Waals surface area (Å²) in [5.41, 5.74) is 6.68. The van der Waals surface area contributed by atoms with Crippen molar-refractivity contribution >= 4 is 23.4 Å². The highest BCUT2D eigenvalue weighted by Crippen LogP contribution is 2.33. The van der Waals surface area contributed by atoms with E-state index in [9.17, 15) is 0 Å². The monoisotopic (exact) mass is 253 g/mol. The SMILES string of the molecule is Cn1cc(Sc2cccc(Cl)c2CN)cn1. The van der Waals surface area contributed by atoms with E-state index in [4.69, 9.17) is 17.3 Å². The summed E-state index contributed by atoms with van der Waals surface area (Å²) in [5.74, 6) is 0. The van der Waals surface area contributed by atoms with E-state index < -0.39 is 0 Å². The second-order valence-corrected chi connectivity index (χ2v) is 4.89.